The van der Waals surface area contributed by atoms with Crippen molar-refractivity contribution in [3.63, 3.8) is 0 Å². The lowest BCUT2D eigenvalue weighted by atomic mass is 10.0. The van der Waals surface area contributed by atoms with E-state index in [1.807, 2.05) is 60.0 Å². The van der Waals surface area contributed by atoms with Crippen LogP contribution in [-0.4, -0.2) is 41.0 Å². The van der Waals surface area contributed by atoms with Gasteiger partial charge in [0.05, 0.1) is 42.3 Å². The minimum Gasteiger partial charge on any atom is -0.497 e. The highest BCUT2D eigenvalue weighted by Crippen LogP contribution is 2.48. The summed E-state index contributed by atoms with van der Waals surface area (Å²) in [4.78, 5) is 28.5. The van der Waals surface area contributed by atoms with E-state index in [0.29, 0.717) is 17.3 Å². The van der Waals surface area contributed by atoms with Crippen LogP contribution in [0.25, 0.3) is 16.9 Å². The standard InChI is InChI=1S/C30H26N4O4S2/c1-37-23-11-9-22(10-12-23)34-30-27(28(32-34)20-6-3-2-4-7-20)29(21-13-15-39-18-21)40-19-26(36)33(30)17-25(35)31-16-24-8-5-14-38-24/h2-15,18,29H,16-17,19H2,1H3,(H,31,35)/t29-/m1/s1. The van der Waals surface area contributed by atoms with E-state index in [-0.39, 0.29) is 35.9 Å². The normalized spacial score (nSPS) is 15.0. The molecule has 0 saturated heterocycles. The summed E-state index contributed by atoms with van der Waals surface area (Å²) in [6.45, 7) is 0.0829. The van der Waals surface area contributed by atoms with Crippen LogP contribution in [0.1, 0.15) is 22.1 Å². The molecule has 8 nitrogen and oxygen atoms in total. The fraction of sp³-hybridized carbons (Fsp3) is 0.167. The number of anilines is 1. The van der Waals surface area contributed by atoms with Gasteiger partial charge in [0.15, 0.2) is 0 Å². The Morgan fingerprint density at radius 1 is 1.10 bits per heavy atom. The van der Waals surface area contributed by atoms with Gasteiger partial charge in [-0.05, 0) is 58.8 Å². The molecule has 0 fully saturated rings. The number of carbonyl (C=O) groups excluding carboxylic acids is 2. The van der Waals surface area contributed by atoms with Crippen molar-refractivity contribution in [2.75, 3.05) is 24.3 Å². The van der Waals surface area contributed by atoms with Crippen molar-refractivity contribution in [1.82, 2.24) is 15.1 Å². The molecule has 4 heterocycles. The number of fused-ring (bicyclic) bond motifs is 1. The predicted octanol–water partition coefficient (Wildman–Crippen LogP) is 5.69. The molecule has 1 N–H and O–H groups in total. The fourth-order valence-corrected chi connectivity index (χ4v) is 6.68. The van der Waals surface area contributed by atoms with Crippen molar-refractivity contribution in [2.45, 2.75) is 11.8 Å². The van der Waals surface area contributed by atoms with Crippen LogP contribution in [0.5, 0.6) is 5.75 Å². The smallest absolute Gasteiger partial charge is 0.240 e. The first-order chi connectivity index (χ1) is 19.6. The molecule has 40 heavy (non-hydrogen) atoms. The Morgan fingerprint density at radius 2 is 1.93 bits per heavy atom. The third kappa shape index (κ3) is 5.15. The molecular weight excluding hydrogens is 544 g/mol. The number of benzene rings is 2. The van der Waals surface area contributed by atoms with Gasteiger partial charge in [0.25, 0.3) is 0 Å². The van der Waals surface area contributed by atoms with Crippen LogP contribution in [0.4, 0.5) is 5.82 Å². The van der Waals surface area contributed by atoms with Crippen molar-refractivity contribution in [3.8, 4) is 22.7 Å². The van der Waals surface area contributed by atoms with Crippen molar-refractivity contribution < 1.29 is 18.7 Å². The summed E-state index contributed by atoms with van der Waals surface area (Å²) in [5.41, 5.74) is 4.45. The van der Waals surface area contributed by atoms with Gasteiger partial charge in [-0.25, -0.2) is 4.68 Å². The molecule has 2 aromatic carbocycles. The number of thioether (sulfide) groups is 1. The Labute approximate surface area is 239 Å². The molecule has 6 rings (SSSR count). The van der Waals surface area contributed by atoms with Gasteiger partial charge in [-0.15, -0.1) is 11.8 Å². The number of hydrogen-bond acceptors (Lipinski definition) is 7. The van der Waals surface area contributed by atoms with Gasteiger partial charge >= 0.3 is 0 Å². The quantitative estimate of drug-likeness (QED) is 0.258. The Morgan fingerprint density at radius 3 is 2.62 bits per heavy atom. The Hall–Kier alpha value is -4.28. The average molecular weight is 571 g/mol. The fourth-order valence-electron chi connectivity index (χ4n) is 4.72. The van der Waals surface area contributed by atoms with Gasteiger partial charge in [0, 0.05) is 11.1 Å². The molecule has 0 spiro atoms. The summed E-state index contributed by atoms with van der Waals surface area (Å²) in [7, 11) is 1.62. The highest BCUT2D eigenvalue weighted by atomic mass is 32.2. The number of ether oxygens (including phenoxy) is 1. The van der Waals surface area contributed by atoms with Crippen LogP contribution in [0.2, 0.25) is 0 Å². The van der Waals surface area contributed by atoms with Crippen LogP contribution in [-0.2, 0) is 16.1 Å². The number of rotatable bonds is 8. The lowest BCUT2D eigenvalue weighted by Crippen LogP contribution is -2.42. The summed E-state index contributed by atoms with van der Waals surface area (Å²) < 4.78 is 12.5. The molecule has 2 amide bonds. The molecule has 10 heteroatoms. The Bertz CT molecular complexity index is 1600. The third-order valence-electron chi connectivity index (χ3n) is 6.64. The first-order valence-corrected chi connectivity index (χ1v) is 14.7. The second kappa shape index (κ2) is 11.4. The Balaban J connectivity index is 1.51. The maximum absolute atomic E-state index is 13.7. The number of amides is 2. The average Bonchev–Trinajstić information content (AvgIpc) is 3.77. The maximum Gasteiger partial charge on any atom is 0.240 e. The number of thiophene rings is 1. The second-order valence-electron chi connectivity index (χ2n) is 9.15. The zero-order chi connectivity index (χ0) is 27.5. The first-order valence-electron chi connectivity index (χ1n) is 12.7. The van der Waals surface area contributed by atoms with E-state index < -0.39 is 0 Å². The number of aromatic nitrogens is 2. The van der Waals surface area contributed by atoms with E-state index in [1.165, 1.54) is 0 Å². The van der Waals surface area contributed by atoms with Gasteiger partial charge in [0.1, 0.15) is 23.9 Å². The van der Waals surface area contributed by atoms with Crippen LogP contribution in [0, 0.1) is 0 Å². The van der Waals surface area contributed by atoms with Gasteiger partial charge < -0.3 is 14.5 Å². The first kappa shape index (κ1) is 26.0. The number of hydrogen-bond donors (Lipinski definition) is 1. The lowest BCUT2D eigenvalue weighted by molar-refractivity contribution is -0.123. The van der Waals surface area contributed by atoms with Crippen molar-refractivity contribution in [3.05, 3.63) is 107 Å². The summed E-state index contributed by atoms with van der Waals surface area (Å²) in [5, 5.41) is 12.0. The molecule has 0 bridgehead atoms. The summed E-state index contributed by atoms with van der Waals surface area (Å²) in [5.74, 6) is 1.70. The molecule has 1 atom stereocenters. The maximum atomic E-state index is 13.7. The molecule has 3 aromatic heterocycles. The van der Waals surface area contributed by atoms with Crippen LogP contribution in [0.15, 0.2) is 94.2 Å². The van der Waals surface area contributed by atoms with Crippen molar-refractivity contribution in [1.29, 1.82) is 0 Å². The minimum absolute atomic E-state index is 0.149. The number of nitrogens with one attached hydrogen (secondary N) is 1. The largest absolute Gasteiger partial charge is 0.497 e. The molecular formula is C30H26N4O4S2. The number of methoxy groups -OCH3 is 1. The highest BCUT2D eigenvalue weighted by molar-refractivity contribution is 8.00. The molecule has 0 aliphatic carbocycles. The lowest BCUT2D eigenvalue weighted by Gasteiger charge is -2.23. The van der Waals surface area contributed by atoms with Gasteiger partial charge in [0.2, 0.25) is 11.8 Å². The monoisotopic (exact) mass is 570 g/mol. The molecule has 5 aromatic rings. The zero-order valence-electron chi connectivity index (χ0n) is 21.7. The number of nitrogens with zero attached hydrogens (tertiary/aromatic N) is 3. The molecule has 1 aliphatic heterocycles. The molecule has 1 aliphatic rings. The predicted molar refractivity (Wildman–Crippen MR) is 157 cm³/mol. The number of carbonyl (C=O) groups is 2. The summed E-state index contributed by atoms with van der Waals surface area (Å²) >= 11 is 3.17. The van der Waals surface area contributed by atoms with Crippen LogP contribution in [0.3, 0.4) is 0 Å². The van der Waals surface area contributed by atoms with E-state index in [4.69, 9.17) is 14.3 Å². The summed E-state index contributed by atoms with van der Waals surface area (Å²) in [6, 6.07) is 23.1. The van der Waals surface area contributed by atoms with Crippen molar-refractivity contribution >= 4 is 40.7 Å². The van der Waals surface area contributed by atoms with Crippen LogP contribution >= 0.6 is 23.1 Å². The topological polar surface area (TPSA) is 89.6 Å². The third-order valence-corrected chi connectivity index (χ3v) is 8.60. The SMILES string of the molecule is COc1ccc(-n2nc(-c3ccccc3)c3c2N(CC(=O)NCc2ccco2)C(=O)CS[C@@H]3c2ccsc2)cc1. The second-order valence-corrected chi connectivity index (χ2v) is 11.0. The molecule has 0 unspecified atom stereocenters. The molecule has 202 valence electrons. The van der Waals surface area contributed by atoms with E-state index in [9.17, 15) is 9.59 Å². The summed E-state index contributed by atoms with van der Waals surface area (Å²) in [6.07, 6.45) is 1.56. The van der Waals surface area contributed by atoms with Gasteiger partial charge in [-0.1, -0.05) is 30.3 Å². The van der Waals surface area contributed by atoms with Gasteiger partial charge in [-0.3, -0.25) is 14.5 Å². The van der Waals surface area contributed by atoms with Crippen molar-refractivity contribution in [2.24, 2.45) is 0 Å². The number of furan rings is 1. The van der Waals surface area contributed by atoms with E-state index in [1.54, 1.807) is 58.2 Å². The molecule has 0 radical (unpaired) electrons. The highest BCUT2D eigenvalue weighted by Gasteiger charge is 2.37. The Kier molecular flexibility index (Phi) is 7.43. The van der Waals surface area contributed by atoms with E-state index >= 15 is 0 Å². The van der Waals surface area contributed by atoms with E-state index in [2.05, 4.69) is 16.8 Å². The zero-order valence-corrected chi connectivity index (χ0v) is 23.3. The van der Waals surface area contributed by atoms with E-state index in [0.717, 1.165) is 28.1 Å². The van der Waals surface area contributed by atoms with Crippen LogP contribution < -0.4 is 15.0 Å². The van der Waals surface area contributed by atoms with Gasteiger partial charge in [-0.2, -0.15) is 16.4 Å². The molecule has 0 saturated carbocycles. The minimum atomic E-state index is -0.293.